The van der Waals surface area contributed by atoms with Gasteiger partial charge in [-0.25, -0.2) is 0 Å². The summed E-state index contributed by atoms with van der Waals surface area (Å²) in [6, 6.07) is 0.809. The van der Waals surface area contributed by atoms with Crippen molar-refractivity contribution >= 4 is 49.0 Å². The molecule has 0 heterocycles. The molecule has 2 N–H and O–H groups in total. The normalized spacial score (nSPS) is 20.4. The van der Waals surface area contributed by atoms with E-state index >= 15 is 0 Å². The van der Waals surface area contributed by atoms with Gasteiger partial charge < -0.3 is 28.1 Å². The highest BCUT2D eigenvalue weighted by atomic mass is 28.5. The van der Waals surface area contributed by atoms with E-state index in [-0.39, 0.29) is 30.9 Å². The lowest BCUT2D eigenvalue weighted by Gasteiger charge is -2.40. The van der Waals surface area contributed by atoms with E-state index in [0.29, 0.717) is 12.8 Å². The Labute approximate surface area is 230 Å². The SMILES string of the molecule is C=C(C)C(=O)NCC(=O)OC1CCC(CC[Si](C)(O[Si](C)(C)C)O[Si](C)(C)C)CC1OC(=O)CCC(=O)O. The molecule has 1 aliphatic carbocycles. The molecule has 0 radical (unpaired) electrons. The van der Waals surface area contributed by atoms with Crippen LogP contribution in [0.4, 0.5) is 0 Å². The van der Waals surface area contributed by atoms with Crippen LogP contribution in [0.25, 0.3) is 0 Å². The third kappa shape index (κ3) is 14.4. The zero-order valence-corrected chi connectivity index (χ0v) is 27.3. The molecule has 1 amide bonds. The minimum absolute atomic E-state index is 0.202. The Morgan fingerprint density at radius 3 is 1.92 bits per heavy atom. The molecule has 218 valence electrons. The Bertz CT molecular complexity index is 851. The number of carboxylic acid groups (broad SMARTS) is 1. The van der Waals surface area contributed by atoms with Crippen LogP contribution in [0.15, 0.2) is 12.2 Å². The van der Waals surface area contributed by atoms with E-state index < -0.39 is 61.2 Å². The minimum atomic E-state index is -2.44. The van der Waals surface area contributed by atoms with E-state index in [0.717, 1.165) is 18.9 Å². The van der Waals surface area contributed by atoms with Crippen LogP contribution < -0.4 is 5.32 Å². The van der Waals surface area contributed by atoms with E-state index in [9.17, 15) is 19.2 Å². The average Bonchev–Trinajstić information content (AvgIpc) is 2.73. The first-order valence-corrected chi connectivity index (χ1v) is 22.6. The van der Waals surface area contributed by atoms with E-state index in [1.54, 1.807) is 0 Å². The lowest BCUT2D eigenvalue weighted by Crippen LogP contribution is -2.52. The van der Waals surface area contributed by atoms with E-state index in [4.69, 9.17) is 22.8 Å². The third-order valence-electron chi connectivity index (χ3n) is 5.78. The highest BCUT2D eigenvalue weighted by molar-refractivity contribution is 6.87. The Morgan fingerprint density at radius 2 is 1.42 bits per heavy atom. The topological polar surface area (TPSA) is 137 Å². The molecular formula is C25H47NO9Si3. The molecule has 0 spiro atoms. The molecule has 38 heavy (non-hydrogen) atoms. The largest absolute Gasteiger partial charge is 0.481 e. The number of hydrogen-bond donors (Lipinski definition) is 2. The summed E-state index contributed by atoms with van der Waals surface area (Å²) in [6.45, 7) is 19.9. The number of amides is 1. The molecule has 13 heteroatoms. The Morgan fingerprint density at radius 1 is 0.868 bits per heavy atom. The van der Waals surface area contributed by atoms with Crippen LogP contribution in [-0.2, 0) is 36.9 Å². The standard InChI is InChI=1S/C25H47NO9Si3/c1-18(2)25(31)26-17-24(30)32-20-11-10-19(16-21(20)33-23(29)13-12-22(27)28)14-15-38(9,34-36(3,4)5)35-37(6,7)8/h19-21H,1,10-17H2,2-9H3,(H,26,31)(H,27,28). The number of carbonyl (C=O) groups excluding carboxylic acids is 3. The van der Waals surface area contributed by atoms with Gasteiger partial charge in [0.1, 0.15) is 18.8 Å². The van der Waals surface area contributed by atoms with Crippen LogP contribution >= 0.6 is 0 Å². The smallest absolute Gasteiger partial charge is 0.325 e. The monoisotopic (exact) mass is 589 g/mol. The molecule has 3 atom stereocenters. The van der Waals surface area contributed by atoms with Gasteiger partial charge in [0.2, 0.25) is 5.91 Å². The quantitative estimate of drug-likeness (QED) is 0.162. The molecule has 0 aromatic carbocycles. The van der Waals surface area contributed by atoms with Crippen molar-refractivity contribution in [3.63, 3.8) is 0 Å². The number of hydrogen-bond acceptors (Lipinski definition) is 8. The highest BCUT2D eigenvalue weighted by Crippen LogP contribution is 2.35. The molecule has 1 saturated carbocycles. The number of aliphatic carboxylic acids is 1. The minimum Gasteiger partial charge on any atom is -0.481 e. The maximum absolute atomic E-state index is 12.4. The molecular weight excluding hydrogens is 543 g/mol. The summed E-state index contributed by atoms with van der Waals surface area (Å²) in [4.78, 5) is 47.3. The van der Waals surface area contributed by atoms with Gasteiger partial charge in [-0.1, -0.05) is 6.58 Å². The molecule has 1 aliphatic rings. The van der Waals surface area contributed by atoms with Gasteiger partial charge in [0, 0.05) is 5.57 Å². The van der Waals surface area contributed by atoms with Crippen molar-refractivity contribution in [1.82, 2.24) is 5.32 Å². The van der Waals surface area contributed by atoms with E-state index in [1.165, 1.54) is 6.92 Å². The average molecular weight is 590 g/mol. The number of nitrogens with one attached hydrogen (secondary N) is 1. The maximum Gasteiger partial charge on any atom is 0.325 e. The predicted octanol–water partition coefficient (Wildman–Crippen LogP) is 4.33. The molecule has 3 unspecified atom stereocenters. The highest BCUT2D eigenvalue weighted by Gasteiger charge is 2.42. The van der Waals surface area contributed by atoms with Gasteiger partial charge in [0.05, 0.1) is 12.8 Å². The molecule has 1 fully saturated rings. The Balaban J connectivity index is 2.91. The first-order chi connectivity index (χ1) is 17.3. The van der Waals surface area contributed by atoms with Crippen molar-refractivity contribution in [1.29, 1.82) is 0 Å². The van der Waals surface area contributed by atoms with Crippen molar-refractivity contribution < 1.29 is 42.0 Å². The van der Waals surface area contributed by atoms with E-state index in [1.807, 2.05) is 0 Å². The van der Waals surface area contributed by atoms with Crippen LogP contribution in [-0.4, -0.2) is 72.9 Å². The summed E-state index contributed by atoms with van der Waals surface area (Å²) < 4.78 is 24.4. The van der Waals surface area contributed by atoms with Crippen molar-refractivity contribution in [3.8, 4) is 0 Å². The van der Waals surface area contributed by atoms with Gasteiger partial charge in [-0.05, 0) is 90.4 Å². The molecule has 0 saturated heterocycles. The van der Waals surface area contributed by atoms with Crippen molar-refractivity contribution in [2.24, 2.45) is 5.92 Å². The second-order valence-corrected chi connectivity index (χ2v) is 25.0. The Hall–Kier alpha value is -1.81. The van der Waals surface area contributed by atoms with Crippen molar-refractivity contribution in [2.45, 2.75) is 110 Å². The molecule has 0 aromatic heterocycles. The lowest BCUT2D eigenvalue weighted by molar-refractivity contribution is -0.173. The first-order valence-electron chi connectivity index (χ1n) is 13.2. The zero-order chi connectivity index (χ0) is 29.3. The fraction of sp³-hybridized carbons (Fsp3) is 0.760. The molecule has 0 aromatic rings. The lowest BCUT2D eigenvalue weighted by atomic mass is 9.83. The number of rotatable bonds is 15. The summed E-state index contributed by atoms with van der Waals surface area (Å²) in [7, 11) is -6.11. The van der Waals surface area contributed by atoms with Gasteiger partial charge in [-0.3, -0.25) is 19.2 Å². The van der Waals surface area contributed by atoms with Crippen LogP contribution in [0.1, 0.15) is 45.4 Å². The molecule has 1 rings (SSSR count). The second-order valence-electron chi connectivity index (χ2n) is 12.2. The summed E-state index contributed by atoms with van der Waals surface area (Å²) in [6.07, 6.45) is 0.612. The van der Waals surface area contributed by atoms with Crippen LogP contribution in [0, 0.1) is 5.92 Å². The summed E-state index contributed by atoms with van der Waals surface area (Å²) in [5.74, 6) is -2.61. The molecule has 0 bridgehead atoms. The van der Waals surface area contributed by atoms with Crippen LogP contribution in [0.5, 0.6) is 0 Å². The van der Waals surface area contributed by atoms with Gasteiger partial charge in [0.15, 0.2) is 16.6 Å². The van der Waals surface area contributed by atoms with Crippen LogP contribution in [0.3, 0.4) is 0 Å². The number of esters is 2. The second kappa shape index (κ2) is 14.5. The fourth-order valence-corrected chi connectivity index (χ4v) is 17.2. The molecule has 0 aliphatic heterocycles. The van der Waals surface area contributed by atoms with E-state index in [2.05, 4.69) is 57.7 Å². The zero-order valence-electron chi connectivity index (χ0n) is 24.3. The molecule has 10 nitrogen and oxygen atoms in total. The fourth-order valence-electron chi connectivity index (χ4n) is 4.54. The van der Waals surface area contributed by atoms with Gasteiger partial charge >= 0.3 is 26.5 Å². The third-order valence-corrected chi connectivity index (χ3v) is 15.3. The number of carbonyl (C=O) groups is 4. The maximum atomic E-state index is 12.4. The summed E-state index contributed by atoms with van der Waals surface area (Å²) in [5, 5.41) is 11.3. The number of carboxylic acids is 1. The predicted molar refractivity (Wildman–Crippen MR) is 152 cm³/mol. The van der Waals surface area contributed by atoms with Crippen molar-refractivity contribution in [2.75, 3.05) is 6.54 Å². The summed E-state index contributed by atoms with van der Waals surface area (Å²) >= 11 is 0. The van der Waals surface area contributed by atoms with Crippen molar-refractivity contribution in [3.05, 3.63) is 12.2 Å². The Kier molecular flexibility index (Phi) is 13.1. The number of ether oxygens (including phenoxy) is 2. The van der Waals surface area contributed by atoms with Gasteiger partial charge in [0.25, 0.3) is 0 Å². The van der Waals surface area contributed by atoms with Crippen LogP contribution in [0.2, 0.25) is 51.9 Å². The summed E-state index contributed by atoms with van der Waals surface area (Å²) in [5.41, 5.74) is 0.273. The van der Waals surface area contributed by atoms with Gasteiger partial charge in [-0.2, -0.15) is 0 Å². The van der Waals surface area contributed by atoms with Gasteiger partial charge in [-0.15, -0.1) is 0 Å². The first kappa shape index (κ1) is 34.2.